The lowest BCUT2D eigenvalue weighted by atomic mass is 9.84. The molecule has 1 aromatic carbocycles. The molecule has 1 unspecified atom stereocenters. The van der Waals surface area contributed by atoms with Gasteiger partial charge in [-0.3, -0.25) is 9.59 Å². The Morgan fingerprint density at radius 2 is 2.00 bits per heavy atom. The molecule has 128 valence electrons. The van der Waals surface area contributed by atoms with Crippen molar-refractivity contribution in [2.24, 2.45) is 11.8 Å². The van der Waals surface area contributed by atoms with E-state index >= 15 is 0 Å². The number of carbonyl (C=O) groups excluding carboxylic acids is 2. The fraction of sp³-hybridized carbons (Fsp3) is 0.524. The summed E-state index contributed by atoms with van der Waals surface area (Å²) in [5, 5.41) is 0. The zero-order valence-corrected chi connectivity index (χ0v) is 14.9. The van der Waals surface area contributed by atoms with Crippen LogP contribution in [0.3, 0.4) is 0 Å². The van der Waals surface area contributed by atoms with Crippen LogP contribution in [0.25, 0.3) is 0 Å². The largest absolute Gasteiger partial charge is 0.497 e. The smallest absolute Gasteiger partial charge is 0.165 e. The Morgan fingerprint density at radius 1 is 1.21 bits per heavy atom. The fourth-order valence-corrected chi connectivity index (χ4v) is 3.71. The van der Waals surface area contributed by atoms with Crippen LogP contribution >= 0.6 is 0 Å². The highest BCUT2D eigenvalue weighted by Crippen LogP contribution is 2.33. The Hall–Kier alpha value is -1.90. The van der Waals surface area contributed by atoms with Gasteiger partial charge in [-0.25, -0.2) is 0 Å². The zero-order valence-electron chi connectivity index (χ0n) is 14.9. The lowest BCUT2D eigenvalue weighted by Crippen LogP contribution is -2.18. The SMILES string of the molecule is CC1=C(OCC(C)C)CC(Cc2cccc3c2CCC(=O)C3)C1=O. The van der Waals surface area contributed by atoms with Crippen LogP contribution in [0.4, 0.5) is 0 Å². The molecule has 3 nitrogen and oxygen atoms in total. The van der Waals surface area contributed by atoms with Crippen LogP contribution in [0.2, 0.25) is 0 Å². The molecule has 0 spiro atoms. The van der Waals surface area contributed by atoms with E-state index < -0.39 is 0 Å². The molecule has 0 heterocycles. The monoisotopic (exact) mass is 326 g/mol. The van der Waals surface area contributed by atoms with Gasteiger partial charge in [0.05, 0.1) is 6.61 Å². The molecule has 0 aromatic heterocycles. The van der Waals surface area contributed by atoms with Crippen molar-refractivity contribution in [3.8, 4) is 0 Å². The van der Waals surface area contributed by atoms with Gasteiger partial charge >= 0.3 is 0 Å². The lowest BCUT2D eigenvalue weighted by molar-refractivity contribution is -0.119. The highest BCUT2D eigenvalue weighted by Gasteiger charge is 2.32. The van der Waals surface area contributed by atoms with Gasteiger partial charge in [-0.15, -0.1) is 0 Å². The summed E-state index contributed by atoms with van der Waals surface area (Å²) in [6.45, 7) is 6.77. The van der Waals surface area contributed by atoms with Gasteiger partial charge in [0.15, 0.2) is 5.78 Å². The van der Waals surface area contributed by atoms with E-state index in [1.54, 1.807) is 0 Å². The third kappa shape index (κ3) is 3.45. The van der Waals surface area contributed by atoms with Crippen LogP contribution in [0, 0.1) is 11.8 Å². The molecular formula is C21H26O3. The first-order valence-corrected chi connectivity index (χ1v) is 8.93. The number of hydrogen-bond donors (Lipinski definition) is 0. The van der Waals surface area contributed by atoms with Crippen LogP contribution in [0.5, 0.6) is 0 Å². The summed E-state index contributed by atoms with van der Waals surface area (Å²) in [7, 11) is 0. The van der Waals surface area contributed by atoms with Gasteiger partial charge in [-0.1, -0.05) is 32.0 Å². The molecule has 0 fully saturated rings. The van der Waals surface area contributed by atoms with Gasteiger partial charge < -0.3 is 4.74 Å². The first-order chi connectivity index (χ1) is 11.5. The number of Topliss-reactive ketones (excluding diaryl/α,β-unsaturated/α-hetero) is 2. The van der Waals surface area contributed by atoms with E-state index in [0.717, 1.165) is 29.7 Å². The molecule has 1 atom stereocenters. The Balaban J connectivity index is 1.73. The molecule has 2 aliphatic rings. The van der Waals surface area contributed by atoms with Crippen LogP contribution in [-0.4, -0.2) is 18.2 Å². The van der Waals surface area contributed by atoms with Crippen molar-refractivity contribution in [3.05, 3.63) is 46.2 Å². The zero-order chi connectivity index (χ0) is 17.3. The maximum atomic E-state index is 12.6. The van der Waals surface area contributed by atoms with E-state index in [1.807, 2.05) is 19.1 Å². The molecule has 3 rings (SSSR count). The number of allylic oxidation sites excluding steroid dienone is 2. The predicted octanol–water partition coefficient (Wildman–Crippen LogP) is 3.82. The molecule has 0 saturated heterocycles. The van der Waals surface area contributed by atoms with Gasteiger partial charge in [-0.2, -0.15) is 0 Å². The first-order valence-electron chi connectivity index (χ1n) is 8.93. The molecule has 0 saturated carbocycles. The summed E-state index contributed by atoms with van der Waals surface area (Å²) in [5.41, 5.74) is 4.46. The minimum absolute atomic E-state index is 0.0173. The van der Waals surface area contributed by atoms with E-state index in [4.69, 9.17) is 4.74 Å². The van der Waals surface area contributed by atoms with Crippen molar-refractivity contribution in [2.45, 2.75) is 52.9 Å². The van der Waals surface area contributed by atoms with Gasteiger partial charge in [-0.05, 0) is 42.4 Å². The second-order valence-electron chi connectivity index (χ2n) is 7.49. The standard InChI is InChI=1S/C21H26O3/c1-13(2)12-24-20-11-17(21(23)14(20)3)9-15-5-4-6-16-10-18(22)7-8-19(15)16/h4-6,13,17H,7-12H2,1-3H3. The third-order valence-electron chi connectivity index (χ3n) is 5.06. The quantitative estimate of drug-likeness (QED) is 0.826. The Bertz CT molecular complexity index is 697. The summed E-state index contributed by atoms with van der Waals surface area (Å²) in [6, 6.07) is 6.18. The van der Waals surface area contributed by atoms with Crippen LogP contribution in [-0.2, 0) is 33.6 Å². The summed E-state index contributed by atoms with van der Waals surface area (Å²) < 4.78 is 5.86. The van der Waals surface area contributed by atoms with Crippen molar-refractivity contribution >= 4 is 11.6 Å². The molecule has 1 aromatic rings. The van der Waals surface area contributed by atoms with Gasteiger partial charge in [0.1, 0.15) is 11.5 Å². The summed E-state index contributed by atoms with van der Waals surface area (Å²) in [6.07, 6.45) is 3.45. The van der Waals surface area contributed by atoms with Crippen molar-refractivity contribution in [3.63, 3.8) is 0 Å². The van der Waals surface area contributed by atoms with Gasteiger partial charge in [0.2, 0.25) is 0 Å². The molecule has 24 heavy (non-hydrogen) atoms. The topological polar surface area (TPSA) is 43.4 Å². The summed E-state index contributed by atoms with van der Waals surface area (Å²) in [4.78, 5) is 24.3. The number of hydrogen-bond acceptors (Lipinski definition) is 3. The van der Waals surface area contributed by atoms with Gasteiger partial charge in [0, 0.05) is 30.8 Å². The van der Waals surface area contributed by atoms with Crippen LogP contribution < -0.4 is 0 Å². The van der Waals surface area contributed by atoms with E-state index in [-0.39, 0.29) is 11.7 Å². The molecule has 0 bridgehead atoms. The van der Waals surface area contributed by atoms with Crippen molar-refractivity contribution in [2.75, 3.05) is 6.61 Å². The Morgan fingerprint density at radius 3 is 2.75 bits per heavy atom. The van der Waals surface area contributed by atoms with E-state index in [9.17, 15) is 9.59 Å². The predicted molar refractivity (Wildman–Crippen MR) is 93.8 cm³/mol. The number of fused-ring (bicyclic) bond motifs is 1. The van der Waals surface area contributed by atoms with Crippen LogP contribution in [0.15, 0.2) is 29.5 Å². The van der Waals surface area contributed by atoms with Crippen molar-refractivity contribution < 1.29 is 14.3 Å². The highest BCUT2D eigenvalue weighted by molar-refractivity contribution is 5.99. The molecule has 3 heteroatoms. The molecule has 0 amide bonds. The Labute approximate surface area is 144 Å². The minimum atomic E-state index is -0.0173. The second kappa shape index (κ2) is 6.92. The van der Waals surface area contributed by atoms with E-state index in [2.05, 4.69) is 19.9 Å². The molecule has 2 aliphatic carbocycles. The average molecular weight is 326 g/mol. The second-order valence-corrected chi connectivity index (χ2v) is 7.49. The number of carbonyl (C=O) groups is 2. The fourth-order valence-electron chi connectivity index (χ4n) is 3.71. The van der Waals surface area contributed by atoms with Gasteiger partial charge in [0.25, 0.3) is 0 Å². The minimum Gasteiger partial charge on any atom is -0.497 e. The highest BCUT2D eigenvalue weighted by atomic mass is 16.5. The van der Waals surface area contributed by atoms with E-state index in [1.165, 1.54) is 11.1 Å². The van der Waals surface area contributed by atoms with Crippen molar-refractivity contribution in [1.29, 1.82) is 0 Å². The maximum Gasteiger partial charge on any atom is 0.165 e. The molecule has 0 radical (unpaired) electrons. The number of ketones is 2. The maximum absolute atomic E-state index is 12.6. The number of benzene rings is 1. The normalized spacial score (nSPS) is 20.8. The molecule has 0 aliphatic heterocycles. The summed E-state index contributed by atoms with van der Waals surface area (Å²) >= 11 is 0. The Kier molecular flexibility index (Phi) is 4.88. The van der Waals surface area contributed by atoms with Crippen LogP contribution in [0.1, 0.15) is 50.3 Å². The first kappa shape index (κ1) is 16.9. The molecular weight excluding hydrogens is 300 g/mol. The van der Waals surface area contributed by atoms with E-state index in [0.29, 0.717) is 37.6 Å². The van der Waals surface area contributed by atoms with Crippen molar-refractivity contribution in [1.82, 2.24) is 0 Å². The summed E-state index contributed by atoms with van der Waals surface area (Å²) in [5.74, 6) is 1.85. The number of rotatable bonds is 5. The number of ether oxygens (including phenoxy) is 1. The third-order valence-corrected chi connectivity index (χ3v) is 5.06. The lowest BCUT2D eigenvalue weighted by Gasteiger charge is -2.20. The average Bonchev–Trinajstić information content (AvgIpc) is 2.81. The molecule has 0 N–H and O–H groups in total.